The summed E-state index contributed by atoms with van der Waals surface area (Å²) in [4.78, 5) is 11.3. The van der Waals surface area contributed by atoms with Crippen molar-refractivity contribution >= 4 is 21.7 Å². The Labute approximate surface area is 284 Å². The molecule has 4 aromatic rings. The predicted octanol–water partition coefficient (Wildman–Crippen LogP) is 10.4. The van der Waals surface area contributed by atoms with Gasteiger partial charge in [0.1, 0.15) is 5.60 Å². The first-order valence-electron chi connectivity index (χ1n) is 15.8. The number of benzene rings is 4. The van der Waals surface area contributed by atoms with Gasteiger partial charge in [-0.25, -0.2) is 0 Å². The third kappa shape index (κ3) is 7.55. The van der Waals surface area contributed by atoms with E-state index in [1.807, 2.05) is 44.2 Å². The SMILES string of the molecule is C.COC(C)(C)OCc1ccccc1Br.Cc1cc2c(cc1C)C(=O)CC2.Cc1cc2c(cc1C)C1(CC2)OCc2ccccc21. The van der Waals surface area contributed by atoms with Gasteiger partial charge in [0.25, 0.3) is 0 Å². The third-order valence-electron chi connectivity index (χ3n) is 9.49. The Hall–Kier alpha value is -3.09. The Balaban J connectivity index is 0.000000160. The smallest absolute Gasteiger partial charge is 0.163 e. The Morgan fingerprint density at radius 2 is 1.41 bits per heavy atom. The van der Waals surface area contributed by atoms with Crippen LogP contribution in [0.1, 0.15) is 100 Å². The Kier molecular flexibility index (Phi) is 11.5. The van der Waals surface area contributed by atoms with E-state index in [2.05, 4.69) is 86.1 Å². The van der Waals surface area contributed by atoms with Crippen LogP contribution in [0.15, 0.2) is 77.3 Å². The molecular formula is C41H49BrO4. The number of fused-ring (bicyclic) bond motifs is 5. The molecule has 0 aromatic heterocycles. The van der Waals surface area contributed by atoms with Crippen molar-refractivity contribution in [2.24, 2.45) is 0 Å². The maximum atomic E-state index is 11.3. The largest absolute Gasteiger partial charge is 0.361 e. The van der Waals surface area contributed by atoms with Crippen LogP contribution in [-0.4, -0.2) is 18.7 Å². The summed E-state index contributed by atoms with van der Waals surface area (Å²) in [6.07, 6.45) is 3.86. The van der Waals surface area contributed by atoms with Crippen molar-refractivity contribution in [3.63, 3.8) is 0 Å². The first-order chi connectivity index (χ1) is 21.4. The fourth-order valence-corrected chi connectivity index (χ4v) is 6.70. The molecule has 0 saturated heterocycles. The summed E-state index contributed by atoms with van der Waals surface area (Å²) in [5.74, 6) is -0.219. The van der Waals surface area contributed by atoms with Crippen LogP contribution in [0.4, 0.5) is 0 Å². The first kappa shape index (κ1) is 35.8. The van der Waals surface area contributed by atoms with Crippen molar-refractivity contribution in [1.82, 2.24) is 0 Å². The molecule has 5 heteroatoms. The first-order valence-corrected chi connectivity index (χ1v) is 16.6. The monoisotopic (exact) mass is 684 g/mol. The Morgan fingerprint density at radius 1 is 0.783 bits per heavy atom. The zero-order chi connectivity index (χ0) is 32.4. The molecule has 0 bridgehead atoms. The Morgan fingerprint density at radius 3 is 2.13 bits per heavy atom. The number of Topliss-reactive ketones (excluding diaryl/α,β-unsaturated/α-hetero) is 1. The van der Waals surface area contributed by atoms with Crippen LogP contribution in [0.2, 0.25) is 0 Å². The fourth-order valence-electron chi connectivity index (χ4n) is 6.30. The van der Waals surface area contributed by atoms with Gasteiger partial charge in [0.2, 0.25) is 0 Å². The molecule has 0 fully saturated rings. The van der Waals surface area contributed by atoms with E-state index in [4.69, 9.17) is 14.2 Å². The standard InChI is InChI=1S/C18H18O.C11H15BrO2.C11H12O.CH4/c1-12-9-14-7-8-18(17(14)10-13(12)2)16-6-4-3-5-15(16)11-19-18;1-11(2,13-3)14-8-9-6-4-5-7-10(9)12;1-7-5-9-3-4-11(12)10(9)6-8(7)2;/h3-6,9-10H,7-8,11H2,1-2H3;4-7H,8H2,1-3H3;5-6H,3-4H2,1-2H3;1H4. The molecule has 4 nitrogen and oxygen atoms in total. The van der Waals surface area contributed by atoms with Crippen LogP contribution in [0.5, 0.6) is 0 Å². The number of rotatable bonds is 4. The molecule has 244 valence electrons. The van der Waals surface area contributed by atoms with Gasteiger partial charge in [-0.15, -0.1) is 0 Å². The number of aryl methyl sites for hydroxylation is 6. The van der Waals surface area contributed by atoms with E-state index < -0.39 is 5.79 Å². The number of ketones is 1. The highest BCUT2D eigenvalue weighted by Crippen LogP contribution is 2.50. The highest BCUT2D eigenvalue weighted by Gasteiger charge is 2.46. The minimum Gasteiger partial charge on any atom is -0.361 e. The molecule has 1 atom stereocenters. The highest BCUT2D eigenvalue weighted by molar-refractivity contribution is 9.10. The molecule has 1 spiro atoms. The zero-order valence-electron chi connectivity index (χ0n) is 27.7. The van der Waals surface area contributed by atoms with E-state index in [9.17, 15) is 4.79 Å². The van der Waals surface area contributed by atoms with E-state index in [1.54, 1.807) is 7.11 Å². The van der Waals surface area contributed by atoms with Crippen molar-refractivity contribution in [1.29, 1.82) is 0 Å². The van der Waals surface area contributed by atoms with Gasteiger partial charge >= 0.3 is 0 Å². The number of carbonyl (C=O) groups excluding carboxylic acids is 1. The maximum Gasteiger partial charge on any atom is 0.163 e. The summed E-state index contributed by atoms with van der Waals surface area (Å²) in [7, 11) is 1.64. The van der Waals surface area contributed by atoms with Gasteiger partial charge in [-0.3, -0.25) is 4.79 Å². The lowest BCUT2D eigenvalue weighted by molar-refractivity contribution is -0.204. The second kappa shape index (κ2) is 14.8. The van der Waals surface area contributed by atoms with Crippen molar-refractivity contribution in [2.75, 3.05) is 7.11 Å². The van der Waals surface area contributed by atoms with E-state index >= 15 is 0 Å². The van der Waals surface area contributed by atoms with Gasteiger partial charge in [-0.2, -0.15) is 0 Å². The summed E-state index contributed by atoms with van der Waals surface area (Å²) in [6, 6.07) is 25.5. The fraction of sp³-hybridized carbons (Fsp3) is 0.390. The van der Waals surface area contributed by atoms with Crippen LogP contribution >= 0.6 is 15.9 Å². The predicted molar refractivity (Wildman–Crippen MR) is 192 cm³/mol. The molecule has 2 aliphatic carbocycles. The average molecular weight is 686 g/mol. The molecule has 0 radical (unpaired) electrons. The molecule has 46 heavy (non-hydrogen) atoms. The average Bonchev–Trinajstić information content (AvgIpc) is 3.70. The zero-order valence-corrected chi connectivity index (χ0v) is 29.3. The van der Waals surface area contributed by atoms with E-state index in [1.165, 1.54) is 50.1 Å². The topological polar surface area (TPSA) is 44.8 Å². The quantitative estimate of drug-likeness (QED) is 0.201. The molecular weight excluding hydrogens is 636 g/mol. The van der Waals surface area contributed by atoms with Crippen LogP contribution in [0.25, 0.3) is 0 Å². The maximum absolute atomic E-state index is 11.3. The summed E-state index contributed by atoms with van der Waals surface area (Å²) >= 11 is 3.47. The molecule has 0 N–H and O–H groups in total. The van der Waals surface area contributed by atoms with Gasteiger partial charge in [0.15, 0.2) is 11.6 Å². The third-order valence-corrected chi connectivity index (χ3v) is 10.3. The van der Waals surface area contributed by atoms with E-state index in [0.717, 1.165) is 41.5 Å². The van der Waals surface area contributed by atoms with Gasteiger partial charge in [-0.1, -0.05) is 84.0 Å². The number of methoxy groups -OCH3 is 1. The molecule has 3 aliphatic rings. The van der Waals surface area contributed by atoms with Gasteiger partial charge < -0.3 is 14.2 Å². The van der Waals surface area contributed by atoms with Gasteiger partial charge in [0, 0.05) is 23.6 Å². The molecule has 1 aliphatic heterocycles. The van der Waals surface area contributed by atoms with Gasteiger partial charge in [0.05, 0.1) is 13.2 Å². The van der Waals surface area contributed by atoms with Crippen molar-refractivity contribution in [2.45, 2.75) is 99.3 Å². The molecule has 4 aromatic carbocycles. The van der Waals surface area contributed by atoms with E-state index in [-0.39, 0.29) is 13.0 Å². The Bertz CT molecular complexity index is 1710. The van der Waals surface area contributed by atoms with Crippen LogP contribution in [0, 0.1) is 27.7 Å². The van der Waals surface area contributed by atoms with Crippen LogP contribution < -0.4 is 0 Å². The number of hydrogen-bond donors (Lipinski definition) is 0. The lowest BCUT2D eigenvalue weighted by Crippen LogP contribution is -2.26. The lowest BCUT2D eigenvalue weighted by Gasteiger charge is -2.26. The highest BCUT2D eigenvalue weighted by atomic mass is 79.9. The molecule has 0 amide bonds. The van der Waals surface area contributed by atoms with Crippen molar-refractivity contribution < 1.29 is 19.0 Å². The normalized spacial score (nSPS) is 17.3. The lowest BCUT2D eigenvalue weighted by atomic mass is 9.86. The summed E-state index contributed by atoms with van der Waals surface area (Å²) < 4.78 is 18.1. The van der Waals surface area contributed by atoms with Crippen molar-refractivity contribution in [3.05, 3.63) is 138 Å². The van der Waals surface area contributed by atoms with E-state index in [0.29, 0.717) is 18.8 Å². The van der Waals surface area contributed by atoms with Gasteiger partial charge in [-0.05, 0) is 129 Å². The second-order valence-electron chi connectivity index (χ2n) is 12.9. The van der Waals surface area contributed by atoms with Crippen molar-refractivity contribution in [3.8, 4) is 0 Å². The summed E-state index contributed by atoms with van der Waals surface area (Å²) in [5.41, 5.74) is 14.1. The number of carbonyl (C=O) groups is 1. The number of hydrogen-bond acceptors (Lipinski definition) is 4. The second-order valence-corrected chi connectivity index (χ2v) is 13.7. The van der Waals surface area contributed by atoms with Crippen LogP contribution in [0.3, 0.4) is 0 Å². The molecule has 1 heterocycles. The minimum atomic E-state index is -0.532. The molecule has 1 unspecified atom stereocenters. The minimum absolute atomic E-state index is 0. The molecule has 7 rings (SSSR count). The number of ether oxygens (including phenoxy) is 3. The summed E-state index contributed by atoms with van der Waals surface area (Å²) in [5, 5.41) is 0. The summed E-state index contributed by atoms with van der Waals surface area (Å²) in [6.45, 7) is 13.6. The molecule has 0 saturated carbocycles. The number of halogens is 1. The van der Waals surface area contributed by atoms with Crippen LogP contribution in [-0.2, 0) is 45.9 Å².